The van der Waals surface area contributed by atoms with Gasteiger partial charge in [-0.25, -0.2) is 9.59 Å². The Morgan fingerprint density at radius 2 is 2.22 bits per heavy atom. The number of hydrogen-bond acceptors (Lipinski definition) is 4. The molecule has 0 aromatic rings. The average Bonchev–Trinajstić information content (AvgIpc) is 2.61. The number of carbonyl (C=O) groups is 3. The first-order valence-corrected chi connectivity index (χ1v) is 5.56. The summed E-state index contributed by atoms with van der Waals surface area (Å²) in [6.07, 6.45) is 1.41. The number of amides is 1. The third kappa shape index (κ3) is 2.10. The normalized spacial score (nSPS) is 30.9. The van der Waals surface area contributed by atoms with E-state index in [4.69, 9.17) is 5.11 Å². The zero-order valence-corrected chi connectivity index (χ0v) is 10.5. The minimum atomic E-state index is -1.23. The van der Waals surface area contributed by atoms with E-state index in [1.807, 2.05) is 0 Å². The van der Waals surface area contributed by atoms with Crippen molar-refractivity contribution in [2.75, 3.05) is 13.7 Å². The number of nitrogens with zero attached hydrogens (tertiary/aromatic N) is 1. The molecule has 6 heteroatoms. The molecule has 0 aromatic carbocycles. The molecular weight excluding hydrogens is 238 g/mol. The molecule has 1 amide bonds. The monoisotopic (exact) mass is 255 g/mol. The Hall–Kier alpha value is -1.85. The van der Waals surface area contributed by atoms with Crippen LogP contribution >= 0.6 is 0 Å². The lowest BCUT2D eigenvalue weighted by atomic mass is 9.73. The number of carboxylic acid groups (broad SMARTS) is 1. The molecule has 1 fully saturated rings. The van der Waals surface area contributed by atoms with Gasteiger partial charge in [0.2, 0.25) is 0 Å². The molecule has 0 aromatic heterocycles. The van der Waals surface area contributed by atoms with Crippen LogP contribution in [0.2, 0.25) is 0 Å². The van der Waals surface area contributed by atoms with E-state index < -0.39 is 29.4 Å². The quantitative estimate of drug-likeness (QED) is 0.458. The van der Waals surface area contributed by atoms with Crippen molar-refractivity contribution in [3.05, 3.63) is 12.7 Å². The number of aldehydes is 1. The molecule has 0 aliphatic carbocycles. The lowest BCUT2D eigenvalue weighted by Gasteiger charge is -2.32. The van der Waals surface area contributed by atoms with Crippen molar-refractivity contribution < 1.29 is 24.2 Å². The zero-order chi connectivity index (χ0) is 13.9. The number of carbonyl (C=O) groups excluding carboxylic acids is 2. The van der Waals surface area contributed by atoms with Crippen LogP contribution in [-0.4, -0.2) is 48.1 Å². The van der Waals surface area contributed by atoms with E-state index in [1.165, 1.54) is 7.11 Å². The summed E-state index contributed by atoms with van der Waals surface area (Å²) < 4.78 is 4.66. The highest BCUT2D eigenvalue weighted by molar-refractivity contribution is 5.84. The van der Waals surface area contributed by atoms with Gasteiger partial charge in [-0.3, -0.25) is 4.90 Å². The second-order valence-corrected chi connectivity index (χ2v) is 4.60. The maximum absolute atomic E-state index is 11.8. The molecule has 3 atom stereocenters. The number of rotatable bonds is 4. The predicted octanol–water partition coefficient (Wildman–Crippen LogP) is 0.919. The van der Waals surface area contributed by atoms with Crippen molar-refractivity contribution in [3.8, 4) is 0 Å². The number of esters is 1. The van der Waals surface area contributed by atoms with Gasteiger partial charge in [0.15, 0.2) is 0 Å². The number of ether oxygens (including phenoxy) is 1. The molecule has 1 rings (SSSR count). The maximum atomic E-state index is 11.8. The van der Waals surface area contributed by atoms with Crippen molar-refractivity contribution >= 4 is 18.3 Å². The predicted molar refractivity (Wildman–Crippen MR) is 63.0 cm³/mol. The van der Waals surface area contributed by atoms with Crippen molar-refractivity contribution in [1.82, 2.24) is 4.90 Å². The minimum absolute atomic E-state index is 0.00292. The van der Waals surface area contributed by atoms with Crippen LogP contribution < -0.4 is 0 Å². The molecule has 1 saturated heterocycles. The summed E-state index contributed by atoms with van der Waals surface area (Å²) in [6, 6.07) is -0.979. The molecule has 3 unspecified atom stereocenters. The fourth-order valence-electron chi connectivity index (χ4n) is 2.55. The standard InChI is InChI=1S/C12H17NO5/c1-4-5-12(2)8(7-14)6-13(11(16)17)9(12)10(15)18-3/h4,7-9H,1,5-6H2,2-3H3,(H,16,17). The summed E-state index contributed by atoms with van der Waals surface area (Å²) >= 11 is 0. The van der Waals surface area contributed by atoms with Gasteiger partial charge in [-0.05, 0) is 6.42 Å². The minimum Gasteiger partial charge on any atom is -0.467 e. The molecule has 1 aliphatic rings. The highest BCUT2D eigenvalue weighted by atomic mass is 16.5. The van der Waals surface area contributed by atoms with E-state index >= 15 is 0 Å². The summed E-state index contributed by atoms with van der Waals surface area (Å²) in [5.74, 6) is -1.19. The molecule has 0 radical (unpaired) electrons. The van der Waals surface area contributed by atoms with Crippen LogP contribution in [0.5, 0.6) is 0 Å². The summed E-state index contributed by atoms with van der Waals surface area (Å²) in [7, 11) is 1.20. The second-order valence-electron chi connectivity index (χ2n) is 4.60. The first-order valence-electron chi connectivity index (χ1n) is 5.56. The van der Waals surface area contributed by atoms with Gasteiger partial charge in [-0.1, -0.05) is 13.0 Å². The molecule has 0 saturated carbocycles. The molecule has 6 nitrogen and oxygen atoms in total. The number of likely N-dealkylation sites (tertiary alicyclic amines) is 1. The first-order chi connectivity index (χ1) is 8.42. The Bertz CT molecular complexity index is 381. The summed E-state index contributed by atoms with van der Waals surface area (Å²) in [5, 5.41) is 9.12. The van der Waals surface area contributed by atoms with Gasteiger partial charge in [-0.2, -0.15) is 0 Å². The molecule has 1 N–H and O–H groups in total. The number of allylic oxidation sites excluding steroid dienone is 1. The maximum Gasteiger partial charge on any atom is 0.408 e. The smallest absolute Gasteiger partial charge is 0.408 e. The fourth-order valence-corrected chi connectivity index (χ4v) is 2.55. The van der Waals surface area contributed by atoms with E-state index in [1.54, 1.807) is 13.0 Å². The van der Waals surface area contributed by atoms with E-state index in [2.05, 4.69) is 11.3 Å². The van der Waals surface area contributed by atoms with Gasteiger partial charge in [0, 0.05) is 17.9 Å². The highest BCUT2D eigenvalue weighted by Crippen LogP contribution is 2.44. The van der Waals surface area contributed by atoms with Gasteiger partial charge in [0.25, 0.3) is 0 Å². The fraction of sp³-hybridized carbons (Fsp3) is 0.583. The Morgan fingerprint density at radius 3 is 2.61 bits per heavy atom. The number of methoxy groups -OCH3 is 1. The molecule has 100 valence electrons. The average molecular weight is 255 g/mol. The van der Waals surface area contributed by atoms with Crippen LogP contribution in [0.1, 0.15) is 13.3 Å². The largest absolute Gasteiger partial charge is 0.467 e. The third-order valence-electron chi connectivity index (χ3n) is 3.60. The molecule has 1 heterocycles. The summed E-state index contributed by atoms with van der Waals surface area (Å²) in [6.45, 7) is 5.30. The summed E-state index contributed by atoms with van der Waals surface area (Å²) in [4.78, 5) is 35.0. The van der Waals surface area contributed by atoms with Crippen LogP contribution in [0.25, 0.3) is 0 Å². The SMILES string of the molecule is C=CCC1(C)C(C=O)CN(C(=O)O)C1C(=O)OC. The Balaban J connectivity index is 3.22. The summed E-state index contributed by atoms with van der Waals surface area (Å²) in [5.41, 5.74) is -0.811. The van der Waals surface area contributed by atoms with E-state index in [0.29, 0.717) is 12.7 Å². The topological polar surface area (TPSA) is 83.9 Å². The van der Waals surface area contributed by atoms with Crippen LogP contribution in [0.4, 0.5) is 4.79 Å². The lowest BCUT2D eigenvalue weighted by molar-refractivity contribution is -0.148. The van der Waals surface area contributed by atoms with E-state index in [-0.39, 0.29) is 6.54 Å². The molecule has 0 bridgehead atoms. The third-order valence-corrected chi connectivity index (χ3v) is 3.60. The molecule has 0 spiro atoms. The highest BCUT2D eigenvalue weighted by Gasteiger charge is 2.56. The van der Waals surface area contributed by atoms with Gasteiger partial charge in [0.1, 0.15) is 12.3 Å². The zero-order valence-electron chi connectivity index (χ0n) is 10.5. The van der Waals surface area contributed by atoms with Crippen molar-refractivity contribution in [3.63, 3.8) is 0 Å². The Morgan fingerprint density at radius 1 is 1.61 bits per heavy atom. The van der Waals surface area contributed by atoms with Crippen LogP contribution in [0.15, 0.2) is 12.7 Å². The van der Waals surface area contributed by atoms with Gasteiger partial charge in [-0.15, -0.1) is 6.58 Å². The number of hydrogen-bond donors (Lipinski definition) is 1. The van der Waals surface area contributed by atoms with E-state index in [9.17, 15) is 14.4 Å². The second kappa shape index (κ2) is 5.20. The Kier molecular flexibility index (Phi) is 4.11. The lowest BCUT2D eigenvalue weighted by Crippen LogP contribution is -2.47. The van der Waals surface area contributed by atoms with Gasteiger partial charge in [0.05, 0.1) is 7.11 Å². The molecule has 18 heavy (non-hydrogen) atoms. The van der Waals surface area contributed by atoms with Crippen molar-refractivity contribution in [2.45, 2.75) is 19.4 Å². The Labute approximate surface area is 105 Å². The van der Waals surface area contributed by atoms with E-state index in [0.717, 1.165) is 4.90 Å². The van der Waals surface area contributed by atoms with Gasteiger partial charge >= 0.3 is 12.1 Å². The molecular formula is C12H17NO5. The first kappa shape index (κ1) is 14.2. The van der Waals surface area contributed by atoms with Crippen molar-refractivity contribution in [1.29, 1.82) is 0 Å². The van der Waals surface area contributed by atoms with Crippen molar-refractivity contribution in [2.24, 2.45) is 11.3 Å². The van der Waals surface area contributed by atoms with Crippen LogP contribution in [0, 0.1) is 11.3 Å². The van der Waals surface area contributed by atoms with Crippen LogP contribution in [-0.2, 0) is 14.3 Å². The molecule has 1 aliphatic heterocycles. The van der Waals surface area contributed by atoms with Crippen LogP contribution in [0.3, 0.4) is 0 Å². The van der Waals surface area contributed by atoms with Gasteiger partial charge < -0.3 is 14.6 Å².